The van der Waals surface area contributed by atoms with E-state index in [-0.39, 0.29) is 18.2 Å². The number of benzene rings is 1. The van der Waals surface area contributed by atoms with Gasteiger partial charge in [-0.15, -0.1) is 0 Å². The Morgan fingerprint density at radius 1 is 1.48 bits per heavy atom. The van der Waals surface area contributed by atoms with Gasteiger partial charge in [0.1, 0.15) is 5.52 Å². The number of amides is 2. The van der Waals surface area contributed by atoms with Gasteiger partial charge in [-0.2, -0.15) is 5.10 Å². The number of oxazole rings is 1. The van der Waals surface area contributed by atoms with Gasteiger partial charge in [0.15, 0.2) is 11.5 Å². The molecule has 0 bridgehead atoms. The summed E-state index contributed by atoms with van der Waals surface area (Å²) in [6.07, 6.45) is 4.11. The first kappa shape index (κ1) is 15.4. The highest BCUT2D eigenvalue weighted by molar-refractivity contribution is 6.03. The van der Waals surface area contributed by atoms with Gasteiger partial charge in [0.25, 0.3) is 0 Å². The van der Waals surface area contributed by atoms with Crippen LogP contribution in [0.4, 0.5) is 11.4 Å². The van der Waals surface area contributed by atoms with Gasteiger partial charge < -0.3 is 14.6 Å². The minimum absolute atomic E-state index is 0.0823. The van der Waals surface area contributed by atoms with Crippen LogP contribution in [0.25, 0.3) is 11.1 Å². The number of fused-ring (bicyclic) bond motifs is 1. The Morgan fingerprint density at radius 2 is 2.36 bits per heavy atom. The van der Waals surface area contributed by atoms with Crippen LogP contribution in [0.5, 0.6) is 0 Å². The molecule has 0 saturated carbocycles. The number of aromatic amines is 1. The fourth-order valence-electron chi connectivity index (χ4n) is 2.97. The van der Waals surface area contributed by atoms with Gasteiger partial charge in [-0.25, -0.2) is 4.98 Å². The van der Waals surface area contributed by atoms with Crippen molar-refractivity contribution in [1.29, 1.82) is 0 Å². The van der Waals surface area contributed by atoms with Gasteiger partial charge in [-0.3, -0.25) is 14.7 Å². The number of rotatable bonds is 4. The van der Waals surface area contributed by atoms with Crippen molar-refractivity contribution in [2.24, 2.45) is 5.92 Å². The van der Waals surface area contributed by atoms with Crippen LogP contribution in [0.3, 0.4) is 0 Å². The number of nitrogens with zero attached hydrogens (tertiary/aromatic N) is 3. The topological polar surface area (TPSA) is 104 Å². The van der Waals surface area contributed by atoms with Crippen LogP contribution in [-0.2, 0) is 16.0 Å². The lowest BCUT2D eigenvalue weighted by Crippen LogP contribution is -2.27. The van der Waals surface area contributed by atoms with E-state index in [9.17, 15) is 9.59 Å². The number of carbonyl (C=O) groups excluding carboxylic acids is 2. The van der Waals surface area contributed by atoms with Crippen molar-refractivity contribution in [3.8, 4) is 0 Å². The number of anilines is 2. The second-order valence-electron chi connectivity index (χ2n) is 5.99. The van der Waals surface area contributed by atoms with E-state index in [0.717, 1.165) is 0 Å². The first-order valence-electron chi connectivity index (χ1n) is 8.13. The predicted octanol–water partition coefficient (Wildman–Crippen LogP) is 2.10. The Morgan fingerprint density at radius 3 is 3.12 bits per heavy atom. The van der Waals surface area contributed by atoms with Gasteiger partial charge >= 0.3 is 0 Å². The second-order valence-corrected chi connectivity index (χ2v) is 5.99. The predicted molar refractivity (Wildman–Crippen MR) is 91.1 cm³/mol. The fourth-order valence-corrected chi connectivity index (χ4v) is 2.97. The summed E-state index contributed by atoms with van der Waals surface area (Å²) in [5, 5.41) is 9.38. The lowest BCUT2D eigenvalue weighted by atomic mass is 10.1. The van der Waals surface area contributed by atoms with Crippen LogP contribution in [0, 0.1) is 5.92 Å². The number of hydrogen-bond acceptors (Lipinski definition) is 5. The standard InChI is InChI=1S/C17H17N5O3/c1-2-15-21-13-6-11(3-4-14(13)25-15)20-17(24)10-5-16(23)22(9-10)12-7-18-19-8-12/h3-4,6-8,10H,2,5,9H2,1H3,(H,18,19)(H,20,24)/t10-/m0/s1. The number of hydrogen-bond donors (Lipinski definition) is 2. The van der Waals surface area contributed by atoms with E-state index in [1.807, 2.05) is 6.92 Å². The molecule has 8 heteroatoms. The van der Waals surface area contributed by atoms with E-state index in [0.29, 0.717) is 41.3 Å². The highest BCUT2D eigenvalue weighted by atomic mass is 16.3. The molecular weight excluding hydrogens is 322 g/mol. The molecule has 1 fully saturated rings. The second kappa shape index (κ2) is 6.04. The maximum absolute atomic E-state index is 12.5. The zero-order chi connectivity index (χ0) is 17.4. The summed E-state index contributed by atoms with van der Waals surface area (Å²) in [6.45, 7) is 2.31. The number of H-pyrrole nitrogens is 1. The summed E-state index contributed by atoms with van der Waals surface area (Å²) in [5.74, 6) is -0.00350. The number of carbonyl (C=O) groups is 2. The van der Waals surface area contributed by atoms with Gasteiger partial charge in [0, 0.05) is 31.3 Å². The molecule has 2 N–H and O–H groups in total. The summed E-state index contributed by atoms with van der Waals surface area (Å²) in [4.78, 5) is 30.6. The molecule has 1 atom stereocenters. The lowest BCUT2D eigenvalue weighted by Gasteiger charge is -2.14. The molecule has 2 amide bonds. The van der Waals surface area contributed by atoms with E-state index in [1.54, 1.807) is 35.5 Å². The summed E-state index contributed by atoms with van der Waals surface area (Å²) >= 11 is 0. The molecule has 25 heavy (non-hydrogen) atoms. The van der Waals surface area contributed by atoms with Crippen molar-refractivity contribution in [3.63, 3.8) is 0 Å². The molecule has 1 aromatic carbocycles. The van der Waals surface area contributed by atoms with E-state index >= 15 is 0 Å². The monoisotopic (exact) mass is 339 g/mol. The molecule has 128 valence electrons. The van der Waals surface area contributed by atoms with Crippen molar-refractivity contribution in [2.75, 3.05) is 16.8 Å². The number of nitrogens with one attached hydrogen (secondary N) is 2. The van der Waals surface area contributed by atoms with Gasteiger partial charge in [0.2, 0.25) is 11.8 Å². The SMILES string of the molecule is CCc1nc2cc(NC(=O)[C@H]3CC(=O)N(c4cn[nH]c4)C3)ccc2o1. The van der Waals surface area contributed by atoms with Crippen LogP contribution in [-0.4, -0.2) is 33.5 Å². The van der Waals surface area contributed by atoms with Gasteiger partial charge in [-0.05, 0) is 18.2 Å². The molecule has 0 radical (unpaired) electrons. The van der Waals surface area contributed by atoms with E-state index in [1.165, 1.54) is 0 Å². The van der Waals surface area contributed by atoms with Crippen LogP contribution in [0.1, 0.15) is 19.2 Å². The quantitative estimate of drug-likeness (QED) is 0.757. The van der Waals surface area contributed by atoms with E-state index in [4.69, 9.17) is 4.42 Å². The minimum Gasteiger partial charge on any atom is -0.441 e. The summed E-state index contributed by atoms with van der Waals surface area (Å²) in [6, 6.07) is 5.34. The molecule has 3 heterocycles. The van der Waals surface area contributed by atoms with Crippen molar-refractivity contribution in [3.05, 3.63) is 36.5 Å². The third kappa shape index (κ3) is 2.86. The molecule has 1 aliphatic rings. The Balaban J connectivity index is 1.48. The van der Waals surface area contributed by atoms with Crippen molar-refractivity contribution >= 4 is 34.3 Å². The maximum atomic E-state index is 12.5. The summed E-state index contributed by atoms with van der Waals surface area (Å²) < 4.78 is 5.56. The largest absolute Gasteiger partial charge is 0.441 e. The number of aromatic nitrogens is 3. The average molecular weight is 339 g/mol. The Kier molecular flexibility index (Phi) is 3.72. The zero-order valence-electron chi connectivity index (χ0n) is 13.7. The molecule has 0 aliphatic carbocycles. The van der Waals surface area contributed by atoms with E-state index in [2.05, 4.69) is 20.5 Å². The molecule has 1 saturated heterocycles. The van der Waals surface area contributed by atoms with Crippen molar-refractivity contribution in [1.82, 2.24) is 15.2 Å². The molecule has 3 aromatic rings. The number of aryl methyl sites for hydroxylation is 1. The maximum Gasteiger partial charge on any atom is 0.229 e. The van der Waals surface area contributed by atoms with Crippen LogP contribution in [0.2, 0.25) is 0 Å². The highest BCUT2D eigenvalue weighted by Crippen LogP contribution is 2.26. The first-order valence-corrected chi connectivity index (χ1v) is 8.13. The smallest absolute Gasteiger partial charge is 0.229 e. The Bertz CT molecular complexity index is 931. The molecule has 4 rings (SSSR count). The molecule has 1 aliphatic heterocycles. The fraction of sp³-hybridized carbons (Fsp3) is 0.294. The Labute approximate surface area is 143 Å². The molecule has 8 nitrogen and oxygen atoms in total. The third-order valence-electron chi connectivity index (χ3n) is 4.29. The molecule has 0 unspecified atom stereocenters. The van der Waals surface area contributed by atoms with Crippen LogP contribution < -0.4 is 10.2 Å². The van der Waals surface area contributed by atoms with Crippen molar-refractivity contribution < 1.29 is 14.0 Å². The summed E-state index contributed by atoms with van der Waals surface area (Å²) in [7, 11) is 0. The molecule has 0 spiro atoms. The highest BCUT2D eigenvalue weighted by Gasteiger charge is 2.35. The normalized spacial score (nSPS) is 17.4. The minimum atomic E-state index is -0.401. The van der Waals surface area contributed by atoms with Crippen LogP contribution >= 0.6 is 0 Å². The zero-order valence-corrected chi connectivity index (χ0v) is 13.7. The van der Waals surface area contributed by atoms with Gasteiger partial charge in [-0.1, -0.05) is 6.92 Å². The molecule has 2 aromatic heterocycles. The van der Waals surface area contributed by atoms with Crippen molar-refractivity contribution in [2.45, 2.75) is 19.8 Å². The Hall–Kier alpha value is -3.16. The first-order chi connectivity index (χ1) is 12.1. The van der Waals surface area contributed by atoms with E-state index < -0.39 is 5.92 Å². The molecular formula is C17H17N5O3. The average Bonchev–Trinajstić information content (AvgIpc) is 3.32. The summed E-state index contributed by atoms with van der Waals surface area (Å²) in [5.41, 5.74) is 2.72. The van der Waals surface area contributed by atoms with Crippen LogP contribution in [0.15, 0.2) is 35.0 Å². The van der Waals surface area contributed by atoms with Gasteiger partial charge in [0.05, 0.1) is 17.8 Å². The third-order valence-corrected chi connectivity index (χ3v) is 4.29. The lowest BCUT2D eigenvalue weighted by molar-refractivity contribution is -0.122.